The first kappa shape index (κ1) is 14.0. The average molecular weight is 324 g/mol. The third-order valence-electron chi connectivity index (χ3n) is 2.89. The Bertz CT molecular complexity index is 586. The minimum absolute atomic E-state index is 0.223. The number of hydrogen-bond donors (Lipinski definition) is 0. The summed E-state index contributed by atoms with van der Waals surface area (Å²) in [6.07, 6.45) is 0. The molecule has 0 saturated heterocycles. The van der Waals surface area contributed by atoms with E-state index >= 15 is 0 Å². The zero-order valence-corrected chi connectivity index (χ0v) is 12.5. The molecule has 0 amide bonds. The van der Waals surface area contributed by atoms with Gasteiger partial charge in [-0.1, -0.05) is 22.0 Å². The average Bonchev–Trinajstić information content (AvgIpc) is 2.39. The smallest absolute Gasteiger partial charge is 0.142 e. The van der Waals surface area contributed by atoms with Crippen molar-refractivity contribution in [3.8, 4) is 5.75 Å². The van der Waals surface area contributed by atoms with E-state index in [1.807, 2.05) is 26.0 Å². The fourth-order valence-corrected chi connectivity index (χ4v) is 2.20. The van der Waals surface area contributed by atoms with Crippen LogP contribution in [0.3, 0.4) is 0 Å². The Hall–Kier alpha value is -1.42. The summed E-state index contributed by atoms with van der Waals surface area (Å²) in [7, 11) is 0. The largest absolute Gasteiger partial charge is 0.487 e. The second kappa shape index (κ2) is 6.15. The van der Waals surface area contributed by atoms with Crippen molar-refractivity contribution in [2.45, 2.75) is 25.8 Å². The van der Waals surface area contributed by atoms with Gasteiger partial charge < -0.3 is 4.74 Å². The van der Waals surface area contributed by atoms with Gasteiger partial charge in [-0.15, -0.1) is 0 Å². The van der Waals surface area contributed by atoms with Crippen molar-refractivity contribution < 1.29 is 9.13 Å². The second-order valence-corrected chi connectivity index (χ2v) is 4.95. The molecule has 0 fully saturated rings. The molecule has 0 radical (unpaired) electrons. The molecule has 4 heteroatoms. The van der Waals surface area contributed by atoms with E-state index in [1.165, 1.54) is 12.1 Å². The van der Waals surface area contributed by atoms with Crippen molar-refractivity contribution in [1.82, 2.24) is 4.98 Å². The molecule has 1 aromatic heterocycles. The maximum atomic E-state index is 13.0. The molecule has 2 aromatic rings. The van der Waals surface area contributed by atoms with Crippen molar-refractivity contribution in [3.05, 3.63) is 58.7 Å². The first-order valence-corrected chi connectivity index (χ1v) is 7.12. The zero-order chi connectivity index (χ0) is 13.8. The van der Waals surface area contributed by atoms with Crippen LogP contribution in [0.1, 0.15) is 22.5 Å². The molecular weight excluding hydrogens is 309 g/mol. The first-order chi connectivity index (χ1) is 9.10. The van der Waals surface area contributed by atoms with E-state index in [0.717, 1.165) is 28.3 Å². The van der Waals surface area contributed by atoms with E-state index < -0.39 is 0 Å². The number of rotatable bonds is 4. The molecule has 19 heavy (non-hydrogen) atoms. The quantitative estimate of drug-likeness (QED) is 0.782. The number of aromatic nitrogens is 1. The fourth-order valence-electron chi connectivity index (χ4n) is 1.80. The number of aryl methyl sites for hydroxylation is 2. The summed E-state index contributed by atoms with van der Waals surface area (Å²) in [5.74, 6) is 0.533. The monoisotopic (exact) mass is 323 g/mol. The summed E-state index contributed by atoms with van der Waals surface area (Å²) >= 11 is 3.40. The molecular formula is C15H15BrFNO. The molecule has 0 aliphatic carbocycles. The van der Waals surface area contributed by atoms with Crippen molar-refractivity contribution in [1.29, 1.82) is 0 Å². The van der Waals surface area contributed by atoms with Crippen molar-refractivity contribution in [2.75, 3.05) is 0 Å². The van der Waals surface area contributed by atoms with Gasteiger partial charge in [0, 0.05) is 11.0 Å². The van der Waals surface area contributed by atoms with Crippen molar-refractivity contribution >= 4 is 15.9 Å². The van der Waals surface area contributed by atoms with Crippen LogP contribution in [-0.2, 0) is 11.9 Å². The highest BCUT2D eigenvalue weighted by molar-refractivity contribution is 9.08. The molecule has 0 aliphatic heterocycles. The topological polar surface area (TPSA) is 22.1 Å². The fraction of sp³-hybridized carbons (Fsp3) is 0.267. The zero-order valence-electron chi connectivity index (χ0n) is 10.9. The summed E-state index contributed by atoms with van der Waals surface area (Å²) in [5, 5.41) is 0.645. The van der Waals surface area contributed by atoms with Gasteiger partial charge in [0.15, 0.2) is 0 Å². The summed E-state index contributed by atoms with van der Waals surface area (Å²) in [4.78, 5) is 4.41. The molecule has 0 unspecified atom stereocenters. The van der Waals surface area contributed by atoms with Crippen LogP contribution in [0.5, 0.6) is 5.75 Å². The van der Waals surface area contributed by atoms with Crippen LogP contribution >= 0.6 is 15.9 Å². The third-order valence-corrected chi connectivity index (χ3v) is 3.42. The third kappa shape index (κ3) is 3.53. The van der Waals surface area contributed by atoms with Gasteiger partial charge in [-0.3, -0.25) is 4.98 Å². The Balaban J connectivity index is 2.14. The number of pyridine rings is 1. The molecule has 0 aliphatic rings. The van der Waals surface area contributed by atoms with Crippen LogP contribution in [0.25, 0.3) is 0 Å². The van der Waals surface area contributed by atoms with E-state index in [9.17, 15) is 4.39 Å². The molecule has 100 valence electrons. The predicted octanol–water partition coefficient (Wildman–Crippen LogP) is 4.31. The lowest BCUT2D eigenvalue weighted by Crippen LogP contribution is -2.02. The van der Waals surface area contributed by atoms with Crippen LogP contribution in [0.2, 0.25) is 0 Å². The van der Waals surface area contributed by atoms with Crippen molar-refractivity contribution in [2.24, 2.45) is 0 Å². The molecule has 0 bridgehead atoms. The maximum absolute atomic E-state index is 13.0. The lowest BCUT2D eigenvalue weighted by molar-refractivity contribution is 0.301. The summed E-state index contributed by atoms with van der Waals surface area (Å²) in [5.41, 5.74) is 3.70. The van der Waals surface area contributed by atoms with Crippen LogP contribution in [0, 0.1) is 19.7 Å². The standard InChI is InChI=1S/C15H15BrFNO/c1-10-7-13(17)5-4-12(10)9-19-15-6-3-11(2)18-14(15)8-16/h3-7H,8-9H2,1-2H3. The maximum Gasteiger partial charge on any atom is 0.142 e. The van der Waals surface area contributed by atoms with Crippen LogP contribution in [0.4, 0.5) is 4.39 Å². The Morgan fingerprint density at radius 1 is 1.21 bits per heavy atom. The number of ether oxygens (including phenoxy) is 1. The number of alkyl halides is 1. The minimum atomic E-state index is -0.223. The van der Waals surface area contributed by atoms with Gasteiger partial charge in [0.2, 0.25) is 0 Å². The van der Waals surface area contributed by atoms with Gasteiger partial charge in [0.1, 0.15) is 18.2 Å². The normalized spacial score (nSPS) is 10.5. The Morgan fingerprint density at radius 2 is 2.00 bits per heavy atom. The van der Waals surface area contributed by atoms with Gasteiger partial charge >= 0.3 is 0 Å². The predicted molar refractivity (Wildman–Crippen MR) is 77.1 cm³/mol. The van der Waals surface area contributed by atoms with Crippen LogP contribution in [0.15, 0.2) is 30.3 Å². The Kier molecular flexibility index (Phi) is 4.53. The summed E-state index contributed by atoms with van der Waals surface area (Å²) in [6.45, 7) is 4.23. The first-order valence-electron chi connectivity index (χ1n) is 6.00. The summed E-state index contributed by atoms with van der Waals surface area (Å²) in [6, 6.07) is 8.54. The molecule has 1 heterocycles. The number of halogens is 2. The lowest BCUT2D eigenvalue weighted by atomic mass is 10.1. The van der Waals surface area contributed by atoms with Crippen LogP contribution in [-0.4, -0.2) is 4.98 Å². The Morgan fingerprint density at radius 3 is 2.68 bits per heavy atom. The van der Waals surface area contributed by atoms with Crippen molar-refractivity contribution in [3.63, 3.8) is 0 Å². The van der Waals surface area contributed by atoms with Gasteiger partial charge in [-0.05, 0) is 49.2 Å². The highest BCUT2D eigenvalue weighted by Crippen LogP contribution is 2.21. The molecule has 2 rings (SSSR count). The van der Waals surface area contributed by atoms with E-state index in [0.29, 0.717) is 11.9 Å². The minimum Gasteiger partial charge on any atom is -0.487 e. The Labute approximate surface area is 120 Å². The molecule has 1 aromatic carbocycles. The van der Waals surface area contributed by atoms with E-state index in [4.69, 9.17) is 4.74 Å². The summed E-state index contributed by atoms with van der Waals surface area (Å²) < 4.78 is 18.8. The lowest BCUT2D eigenvalue weighted by Gasteiger charge is -2.11. The highest BCUT2D eigenvalue weighted by Gasteiger charge is 2.06. The highest BCUT2D eigenvalue weighted by atomic mass is 79.9. The molecule has 2 nitrogen and oxygen atoms in total. The molecule has 0 atom stereocenters. The van der Waals surface area contributed by atoms with Gasteiger partial charge in [-0.2, -0.15) is 0 Å². The molecule has 0 saturated carbocycles. The second-order valence-electron chi connectivity index (χ2n) is 4.39. The SMILES string of the molecule is Cc1ccc(OCc2ccc(F)cc2C)c(CBr)n1. The van der Waals surface area contributed by atoms with Gasteiger partial charge in [0.25, 0.3) is 0 Å². The van der Waals surface area contributed by atoms with Crippen LogP contribution < -0.4 is 4.74 Å². The number of hydrogen-bond acceptors (Lipinski definition) is 2. The van der Waals surface area contributed by atoms with E-state index in [-0.39, 0.29) is 5.82 Å². The van der Waals surface area contributed by atoms with Gasteiger partial charge in [0.05, 0.1) is 5.69 Å². The number of benzene rings is 1. The number of nitrogens with zero attached hydrogens (tertiary/aromatic N) is 1. The molecule has 0 spiro atoms. The van der Waals surface area contributed by atoms with E-state index in [2.05, 4.69) is 20.9 Å². The van der Waals surface area contributed by atoms with Gasteiger partial charge in [-0.25, -0.2) is 4.39 Å². The van der Waals surface area contributed by atoms with E-state index in [1.54, 1.807) is 6.07 Å². The molecule has 0 N–H and O–H groups in total.